The molecule has 0 saturated carbocycles. The van der Waals surface area contributed by atoms with Crippen molar-refractivity contribution in [3.8, 4) is 11.3 Å². The molecule has 1 aromatic heterocycles. The zero-order valence-electron chi connectivity index (χ0n) is 15.5. The first-order chi connectivity index (χ1) is 14.1. The van der Waals surface area contributed by atoms with Gasteiger partial charge in [-0.3, -0.25) is 15.0 Å². The van der Waals surface area contributed by atoms with Crippen LogP contribution in [-0.2, 0) is 11.3 Å². The van der Waals surface area contributed by atoms with Crippen molar-refractivity contribution in [1.82, 2.24) is 9.88 Å². The number of aromatic nitrogens is 1. The summed E-state index contributed by atoms with van der Waals surface area (Å²) in [4.78, 5) is 20.9. The molecule has 8 heteroatoms. The first kappa shape index (κ1) is 20.3. The number of hydrogen-bond acceptors (Lipinski definition) is 5. The number of rotatable bonds is 5. The molecule has 1 amide bonds. The Bertz CT molecular complexity index is 1000. The highest BCUT2D eigenvalue weighted by Crippen LogP contribution is 2.33. The van der Waals surface area contributed by atoms with Gasteiger partial charge in [0.05, 0.1) is 29.5 Å². The Morgan fingerprint density at radius 3 is 2.62 bits per heavy atom. The summed E-state index contributed by atoms with van der Waals surface area (Å²) in [7, 11) is 0. The third kappa shape index (κ3) is 4.97. The first-order valence-corrected chi connectivity index (χ1v) is 10.8. The van der Waals surface area contributed by atoms with Gasteiger partial charge in [0, 0.05) is 35.1 Å². The number of benzene rings is 2. The number of halogens is 2. The fraction of sp³-hybridized carbons (Fsp3) is 0.238. The molecule has 0 aliphatic carbocycles. The number of nitrogens with zero attached hydrogens (tertiary/aromatic N) is 2. The van der Waals surface area contributed by atoms with Gasteiger partial charge in [-0.15, -0.1) is 0 Å². The molecule has 0 unspecified atom stereocenters. The summed E-state index contributed by atoms with van der Waals surface area (Å²) in [5.41, 5.74) is 2.28. The highest BCUT2D eigenvalue weighted by Gasteiger charge is 2.20. The lowest BCUT2D eigenvalue weighted by molar-refractivity contribution is 0.0347. The Morgan fingerprint density at radius 1 is 1.14 bits per heavy atom. The number of morpholine rings is 1. The van der Waals surface area contributed by atoms with E-state index in [0.717, 1.165) is 49.0 Å². The van der Waals surface area contributed by atoms with Crippen LogP contribution in [0.15, 0.2) is 48.5 Å². The molecule has 1 aliphatic rings. The van der Waals surface area contributed by atoms with E-state index in [0.29, 0.717) is 20.7 Å². The molecule has 3 aromatic rings. The van der Waals surface area contributed by atoms with Crippen molar-refractivity contribution < 1.29 is 9.53 Å². The van der Waals surface area contributed by atoms with Crippen LogP contribution in [0.4, 0.5) is 5.13 Å². The van der Waals surface area contributed by atoms with Crippen LogP contribution in [0, 0.1) is 0 Å². The molecule has 1 N–H and O–H groups in total. The average molecular weight is 448 g/mol. The van der Waals surface area contributed by atoms with Crippen molar-refractivity contribution in [2.24, 2.45) is 0 Å². The molecular formula is C21H19Cl2N3O2S. The molecule has 2 aromatic carbocycles. The normalized spacial score (nSPS) is 14.7. The van der Waals surface area contributed by atoms with Crippen molar-refractivity contribution in [2.75, 3.05) is 31.6 Å². The minimum Gasteiger partial charge on any atom is -0.379 e. The summed E-state index contributed by atoms with van der Waals surface area (Å²) in [6.45, 7) is 4.00. The zero-order valence-corrected chi connectivity index (χ0v) is 17.9. The van der Waals surface area contributed by atoms with Crippen molar-refractivity contribution >= 4 is 45.6 Å². The minimum absolute atomic E-state index is 0.307. The van der Waals surface area contributed by atoms with Crippen molar-refractivity contribution in [3.05, 3.63) is 69.0 Å². The number of carbonyl (C=O) groups excluding carboxylic acids is 1. The van der Waals surface area contributed by atoms with E-state index in [4.69, 9.17) is 32.9 Å². The number of nitrogens with one attached hydrogen (secondary N) is 1. The number of ether oxygens (including phenoxy) is 1. The van der Waals surface area contributed by atoms with E-state index in [9.17, 15) is 4.79 Å². The van der Waals surface area contributed by atoms with E-state index in [1.165, 1.54) is 11.3 Å². The zero-order chi connectivity index (χ0) is 20.2. The highest BCUT2D eigenvalue weighted by atomic mass is 35.5. The van der Waals surface area contributed by atoms with E-state index in [2.05, 4.69) is 10.2 Å². The van der Waals surface area contributed by atoms with Gasteiger partial charge in [-0.05, 0) is 18.2 Å². The van der Waals surface area contributed by atoms with Crippen LogP contribution < -0.4 is 5.32 Å². The maximum atomic E-state index is 12.7. The van der Waals surface area contributed by atoms with Crippen molar-refractivity contribution in [2.45, 2.75) is 6.54 Å². The first-order valence-electron chi connectivity index (χ1n) is 9.22. The van der Waals surface area contributed by atoms with Crippen LogP contribution in [-0.4, -0.2) is 42.1 Å². The van der Waals surface area contributed by atoms with Gasteiger partial charge in [0.25, 0.3) is 5.91 Å². The number of thiazole rings is 1. The lowest BCUT2D eigenvalue weighted by Crippen LogP contribution is -2.35. The molecule has 29 heavy (non-hydrogen) atoms. The average Bonchev–Trinajstić information content (AvgIpc) is 3.11. The highest BCUT2D eigenvalue weighted by molar-refractivity contribution is 7.16. The summed E-state index contributed by atoms with van der Waals surface area (Å²) < 4.78 is 5.45. The molecular weight excluding hydrogens is 429 g/mol. The summed E-state index contributed by atoms with van der Waals surface area (Å²) >= 11 is 13.6. The molecule has 1 aliphatic heterocycles. The van der Waals surface area contributed by atoms with Crippen LogP contribution in [0.5, 0.6) is 0 Å². The lowest BCUT2D eigenvalue weighted by atomic mass is 10.1. The number of amides is 1. The van der Waals surface area contributed by atoms with E-state index >= 15 is 0 Å². The van der Waals surface area contributed by atoms with Crippen molar-refractivity contribution in [3.63, 3.8) is 0 Å². The molecule has 0 bridgehead atoms. The summed E-state index contributed by atoms with van der Waals surface area (Å²) in [6, 6.07) is 14.8. The SMILES string of the molecule is O=C(Nc1nc(-c2ccccc2)c(CN2CCOCC2)s1)c1ccc(Cl)cc1Cl. The molecule has 0 spiro atoms. The Kier molecular flexibility index (Phi) is 6.47. The smallest absolute Gasteiger partial charge is 0.258 e. The van der Waals surface area contributed by atoms with Gasteiger partial charge in [-0.2, -0.15) is 0 Å². The van der Waals surface area contributed by atoms with Gasteiger partial charge in [-0.1, -0.05) is 64.9 Å². The minimum atomic E-state index is -0.307. The molecule has 1 fully saturated rings. The molecule has 1 saturated heterocycles. The third-order valence-electron chi connectivity index (χ3n) is 4.61. The quantitative estimate of drug-likeness (QED) is 0.583. The van der Waals surface area contributed by atoms with Gasteiger partial charge < -0.3 is 4.74 Å². The fourth-order valence-corrected chi connectivity index (χ4v) is 4.65. The molecule has 0 radical (unpaired) electrons. The van der Waals surface area contributed by atoms with Gasteiger partial charge in [-0.25, -0.2) is 4.98 Å². The molecule has 0 atom stereocenters. The van der Waals surface area contributed by atoms with Gasteiger partial charge in [0.1, 0.15) is 0 Å². The summed E-state index contributed by atoms with van der Waals surface area (Å²) in [6.07, 6.45) is 0. The standard InChI is InChI=1S/C21H19Cl2N3O2S/c22-15-6-7-16(17(23)12-15)20(27)25-21-24-19(14-4-2-1-3-5-14)18(29-21)13-26-8-10-28-11-9-26/h1-7,12H,8-11,13H2,(H,24,25,27). The van der Waals surface area contributed by atoms with E-state index in [1.54, 1.807) is 18.2 Å². The fourth-order valence-electron chi connectivity index (χ4n) is 3.13. The van der Waals surface area contributed by atoms with Crippen molar-refractivity contribution in [1.29, 1.82) is 0 Å². The van der Waals surface area contributed by atoms with Gasteiger partial charge in [0.15, 0.2) is 5.13 Å². The molecule has 5 nitrogen and oxygen atoms in total. The topological polar surface area (TPSA) is 54.5 Å². The van der Waals surface area contributed by atoms with Crippen LogP contribution in [0.1, 0.15) is 15.2 Å². The number of hydrogen-bond donors (Lipinski definition) is 1. The molecule has 4 rings (SSSR count). The molecule has 150 valence electrons. The summed E-state index contributed by atoms with van der Waals surface area (Å²) in [5.74, 6) is -0.307. The maximum Gasteiger partial charge on any atom is 0.258 e. The molecule has 2 heterocycles. The van der Waals surface area contributed by atoms with Crippen LogP contribution in [0.3, 0.4) is 0 Å². The maximum absolute atomic E-state index is 12.7. The summed E-state index contributed by atoms with van der Waals surface area (Å²) in [5, 5.41) is 4.22. The third-order valence-corrected chi connectivity index (χ3v) is 6.12. The Labute approximate surface area is 183 Å². The second-order valence-corrected chi connectivity index (χ2v) is 8.55. The number of carbonyl (C=O) groups is 1. The van der Waals surface area contributed by atoms with E-state index in [-0.39, 0.29) is 5.91 Å². The van der Waals surface area contributed by atoms with Gasteiger partial charge >= 0.3 is 0 Å². The van der Waals surface area contributed by atoms with Crippen LogP contribution in [0.2, 0.25) is 10.0 Å². The second-order valence-electron chi connectivity index (χ2n) is 6.62. The monoisotopic (exact) mass is 447 g/mol. The van der Waals surface area contributed by atoms with E-state index < -0.39 is 0 Å². The predicted octanol–water partition coefficient (Wildman–Crippen LogP) is 5.20. The van der Waals surface area contributed by atoms with Gasteiger partial charge in [0.2, 0.25) is 0 Å². The Balaban J connectivity index is 1.60. The van der Waals surface area contributed by atoms with Crippen LogP contribution in [0.25, 0.3) is 11.3 Å². The lowest BCUT2D eigenvalue weighted by Gasteiger charge is -2.26. The Morgan fingerprint density at radius 2 is 1.90 bits per heavy atom. The second kappa shape index (κ2) is 9.24. The number of anilines is 1. The predicted molar refractivity (Wildman–Crippen MR) is 118 cm³/mol. The van der Waals surface area contributed by atoms with Crippen LogP contribution >= 0.6 is 34.5 Å². The van der Waals surface area contributed by atoms with E-state index in [1.807, 2.05) is 30.3 Å². The Hall–Kier alpha value is -1.96. The largest absolute Gasteiger partial charge is 0.379 e.